The number of nitrogens with zero attached hydrogens (tertiary/aromatic N) is 2. The lowest BCUT2D eigenvalue weighted by molar-refractivity contribution is 0.390. The largest absolute Gasteiger partial charge is 0.355 e. The lowest BCUT2D eigenvalue weighted by atomic mass is 9.98. The van der Waals surface area contributed by atoms with Crippen molar-refractivity contribution in [2.75, 3.05) is 31.1 Å². The van der Waals surface area contributed by atoms with Gasteiger partial charge >= 0.3 is 0 Å². The molecule has 106 valence electrons. The Bertz CT molecular complexity index is 462. The molecule has 0 bridgehead atoms. The molecular weight excluding hydrogens is 355 g/mol. The van der Waals surface area contributed by atoms with Crippen LogP contribution in [0.25, 0.3) is 0 Å². The highest BCUT2D eigenvalue weighted by molar-refractivity contribution is 14.1. The van der Waals surface area contributed by atoms with E-state index in [0.29, 0.717) is 9.49 Å². The number of rotatable bonds is 5. The zero-order valence-electron chi connectivity index (χ0n) is 11.3. The SMILES string of the molecule is CCCNCC1CCCN(c2nc[nH]c(=O)c2I)C1. The first-order valence-corrected chi connectivity index (χ1v) is 7.99. The second-order valence-electron chi connectivity index (χ2n) is 5.03. The third-order valence-corrected chi connectivity index (χ3v) is 4.43. The van der Waals surface area contributed by atoms with Crippen LogP contribution in [0, 0.1) is 9.49 Å². The summed E-state index contributed by atoms with van der Waals surface area (Å²) >= 11 is 2.09. The molecule has 1 aromatic heterocycles. The Hall–Kier alpha value is -0.630. The van der Waals surface area contributed by atoms with Gasteiger partial charge in [-0.3, -0.25) is 4.79 Å². The van der Waals surface area contributed by atoms with Gasteiger partial charge in [-0.2, -0.15) is 0 Å². The summed E-state index contributed by atoms with van der Waals surface area (Å²) in [5.41, 5.74) is -0.0446. The first kappa shape index (κ1) is 14.8. The zero-order valence-corrected chi connectivity index (χ0v) is 13.4. The van der Waals surface area contributed by atoms with Gasteiger partial charge in [0.15, 0.2) is 0 Å². The summed E-state index contributed by atoms with van der Waals surface area (Å²) in [7, 11) is 0. The molecule has 0 saturated carbocycles. The third kappa shape index (κ3) is 3.92. The number of H-pyrrole nitrogens is 1. The molecule has 1 saturated heterocycles. The van der Waals surface area contributed by atoms with E-state index in [1.54, 1.807) is 0 Å². The molecule has 1 unspecified atom stereocenters. The van der Waals surface area contributed by atoms with Crippen molar-refractivity contribution in [3.63, 3.8) is 0 Å². The zero-order chi connectivity index (χ0) is 13.7. The summed E-state index contributed by atoms with van der Waals surface area (Å²) in [5.74, 6) is 1.49. The van der Waals surface area contributed by atoms with Gasteiger partial charge in [0, 0.05) is 13.1 Å². The second kappa shape index (κ2) is 7.23. The van der Waals surface area contributed by atoms with Gasteiger partial charge in [-0.1, -0.05) is 6.92 Å². The predicted octanol–water partition coefficient (Wildman–Crippen LogP) is 1.59. The highest BCUT2D eigenvalue weighted by atomic mass is 127. The Kier molecular flexibility index (Phi) is 5.62. The normalized spacial score (nSPS) is 19.7. The molecule has 6 heteroatoms. The number of piperidine rings is 1. The predicted molar refractivity (Wildman–Crippen MR) is 85.7 cm³/mol. The first-order valence-electron chi connectivity index (χ1n) is 6.91. The number of aromatic amines is 1. The number of anilines is 1. The Labute approximate surface area is 127 Å². The smallest absolute Gasteiger partial charge is 0.266 e. The summed E-state index contributed by atoms with van der Waals surface area (Å²) in [6.07, 6.45) is 5.10. The van der Waals surface area contributed by atoms with Crippen LogP contribution in [0.3, 0.4) is 0 Å². The van der Waals surface area contributed by atoms with Crippen molar-refractivity contribution in [2.24, 2.45) is 5.92 Å². The van der Waals surface area contributed by atoms with Crippen LogP contribution in [0.5, 0.6) is 0 Å². The van der Waals surface area contributed by atoms with Crippen molar-refractivity contribution in [3.8, 4) is 0 Å². The minimum Gasteiger partial charge on any atom is -0.355 e. The molecule has 5 nitrogen and oxygen atoms in total. The van der Waals surface area contributed by atoms with E-state index in [0.717, 1.165) is 32.0 Å². The van der Waals surface area contributed by atoms with E-state index in [1.165, 1.54) is 25.6 Å². The van der Waals surface area contributed by atoms with Crippen LogP contribution >= 0.6 is 22.6 Å². The molecule has 1 aromatic rings. The average molecular weight is 376 g/mol. The van der Waals surface area contributed by atoms with Gasteiger partial charge in [0.1, 0.15) is 9.39 Å². The van der Waals surface area contributed by atoms with Gasteiger partial charge in [0.2, 0.25) is 0 Å². The second-order valence-corrected chi connectivity index (χ2v) is 6.11. The summed E-state index contributed by atoms with van der Waals surface area (Å²) < 4.78 is 0.697. The van der Waals surface area contributed by atoms with Crippen LogP contribution in [0.2, 0.25) is 0 Å². The van der Waals surface area contributed by atoms with E-state index >= 15 is 0 Å². The molecule has 2 N–H and O–H groups in total. The lowest BCUT2D eigenvalue weighted by Gasteiger charge is -2.34. The standard InChI is InChI=1S/C13H21IN4O/c1-2-5-15-7-10-4-3-6-18(8-10)12-11(14)13(19)17-9-16-12/h9-10,15H,2-8H2,1H3,(H,16,17,19). The fourth-order valence-electron chi connectivity index (χ4n) is 2.50. The summed E-state index contributed by atoms with van der Waals surface area (Å²) in [5, 5.41) is 3.49. The maximum absolute atomic E-state index is 11.6. The Morgan fingerprint density at radius 1 is 1.63 bits per heavy atom. The number of hydrogen-bond acceptors (Lipinski definition) is 4. The van der Waals surface area contributed by atoms with Crippen LogP contribution in [-0.2, 0) is 0 Å². The first-order chi connectivity index (χ1) is 9.22. The highest BCUT2D eigenvalue weighted by Gasteiger charge is 2.22. The maximum Gasteiger partial charge on any atom is 0.266 e. The third-order valence-electron chi connectivity index (χ3n) is 3.46. The highest BCUT2D eigenvalue weighted by Crippen LogP contribution is 2.23. The van der Waals surface area contributed by atoms with Gasteiger partial charge in [0.25, 0.3) is 5.56 Å². The number of halogens is 1. The monoisotopic (exact) mass is 376 g/mol. The molecule has 1 atom stereocenters. The van der Waals surface area contributed by atoms with Crippen molar-refractivity contribution in [2.45, 2.75) is 26.2 Å². The molecule has 1 aliphatic heterocycles. The van der Waals surface area contributed by atoms with Crippen molar-refractivity contribution in [3.05, 3.63) is 20.3 Å². The van der Waals surface area contributed by atoms with Crippen LogP contribution in [0.15, 0.2) is 11.1 Å². The molecule has 1 aliphatic rings. The van der Waals surface area contributed by atoms with Crippen molar-refractivity contribution in [1.29, 1.82) is 0 Å². The van der Waals surface area contributed by atoms with Gasteiger partial charge in [-0.25, -0.2) is 4.98 Å². The Morgan fingerprint density at radius 2 is 2.47 bits per heavy atom. The number of aromatic nitrogens is 2. The molecule has 0 aliphatic carbocycles. The summed E-state index contributed by atoms with van der Waals surface area (Å²) in [6.45, 7) is 6.31. The Morgan fingerprint density at radius 3 is 3.26 bits per heavy atom. The molecule has 0 radical (unpaired) electrons. The van der Waals surface area contributed by atoms with Gasteiger partial charge < -0.3 is 15.2 Å². The Balaban J connectivity index is 2.00. The minimum absolute atomic E-state index is 0.0446. The van der Waals surface area contributed by atoms with Crippen molar-refractivity contribution < 1.29 is 0 Å². The van der Waals surface area contributed by atoms with E-state index in [9.17, 15) is 4.79 Å². The molecule has 2 rings (SSSR count). The lowest BCUT2D eigenvalue weighted by Crippen LogP contribution is -2.41. The number of hydrogen-bond donors (Lipinski definition) is 2. The van der Waals surface area contributed by atoms with Crippen molar-refractivity contribution in [1.82, 2.24) is 15.3 Å². The van der Waals surface area contributed by atoms with Crippen LogP contribution in [-0.4, -0.2) is 36.1 Å². The fraction of sp³-hybridized carbons (Fsp3) is 0.692. The van der Waals surface area contributed by atoms with Crippen LogP contribution in [0.4, 0.5) is 5.82 Å². The quantitative estimate of drug-likeness (QED) is 0.605. The molecule has 1 fully saturated rings. The summed E-state index contributed by atoms with van der Waals surface area (Å²) in [4.78, 5) is 20.8. The molecule has 19 heavy (non-hydrogen) atoms. The van der Waals surface area contributed by atoms with Crippen LogP contribution < -0.4 is 15.8 Å². The van der Waals surface area contributed by atoms with Gasteiger partial charge in [-0.15, -0.1) is 0 Å². The van der Waals surface area contributed by atoms with E-state index in [2.05, 4.69) is 49.7 Å². The minimum atomic E-state index is -0.0446. The average Bonchev–Trinajstić information content (AvgIpc) is 2.43. The molecule has 0 spiro atoms. The molecule has 0 aromatic carbocycles. The van der Waals surface area contributed by atoms with Gasteiger partial charge in [-0.05, 0) is 60.9 Å². The fourth-order valence-corrected chi connectivity index (χ4v) is 3.14. The van der Waals surface area contributed by atoms with E-state index < -0.39 is 0 Å². The molecule has 0 amide bonds. The molecular formula is C13H21IN4O. The van der Waals surface area contributed by atoms with E-state index in [4.69, 9.17) is 0 Å². The molecule has 2 heterocycles. The van der Waals surface area contributed by atoms with E-state index in [1.807, 2.05) is 0 Å². The maximum atomic E-state index is 11.6. The van der Waals surface area contributed by atoms with E-state index in [-0.39, 0.29) is 5.56 Å². The number of nitrogens with one attached hydrogen (secondary N) is 2. The topological polar surface area (TPSA) is 61.0 Å². The van der Waals surface area contributed by atoms with Crippen LogP contribution in [0.1, 0.15) is 26.2 Å². The summed E-state index contributed by atoms with van der Waals surface area (Å²) in [6, 6.07) is 0. The van der Waals surface area contributed by atoms with Gasteiger partial charge in [0.05, 0.1) is 6.33 Å². The van der Waals surface area contributed by atoms with Crippen molar-refractivity contribution >= 4 is 28.4 Å².